The third-order valence-corrected chi connectivity index (χ3v) is 1.82. The number of carboxylic acid groups (broad SMARTS) is 1. The van der Waals surface area contributed by atoms with E-state index in [0.717, 1.165) is 0 Å². The first-order valence-corrected chi connectivity index (χ1v) is 3.75. The second-order valence-electron chi connectivity index (χ2n) is 2.96. The Kier molecular flexibility index (Phi) is 2.45. The number of Topliss-reactive ketones (excluding diaryl/α,β-unsaturated/α-hetero) is 1. The standard InChI is InChI=1S/C8H8F2O3/c9-8(10)2-1-6(11)5(4-8)3-7(12)13/h3H,1-2,4H2,(H,12,13). The normalized spacial score (nSPS) is 24.8. The Bertz CT molecular complexity index is 281. The van der Waals surface area contributed by atoms with E-state index >= 15 is 0 Å². The fourth-order valence-corrected chi connectivity index (χ4v) is 1.20. The van der Waals surface area contributed by atoms with Crippen LogP contribution >= 0.6 is 0 Å². The predicted molar refractivity (Wildman–Crippen MR) is 39.5 cm³/mol. The fraction of sp³-hybridized carbons (Fsp3) is 0.500. The van der Waals surface area contributed by atoms with Crippen LogP contribution in [0.3, 0.4) is 0 Å². The van der Waals surface area contributed by atoms with Crippen molar-refractivity contribution in [3.63, 3.8) is 0 Å². The van der Waals surface area contributed by atoms with Gasteiger partial charge < -0.3 is 5.11 Å². The molecular formula is C8H8F2O3. The van der Waals surface area contributed by atoms with Crippen LogP contribution in [-0.4, -0.2) is 22.8 Å². The monoisotopic (exact) mass is 190 g/mol. The lowest BCUT2D eigenvalue weighted by Gasteiger charge is -2.22. The molecule has 72 valence electrons. The Morgan fingerprint density at radius 1 is 1.54 bits per heavy atom. The van der Waals surface area contributed by atoms with E-state index in [9.17, 15) is 18.4 Å². The highest BCUT2D eigenvalue weighted by Crippen LogP contribution is 2.34. The van der Waals surface area contributed by atoms with Gasteiger partial charge in [0.1, 0.15) is 0 Å². The van der Waals surface area contributed by atoms with Gasteiger partial charge in [-0.1, -0.05) is 0 Å². The molecule has 5 heteroatoms. The second-order valence-corrected chi connectivity index (χ2v) is 2.96. The van der Waals surface area contributed by atoms with Crippen LogP contribution in [0.15, 0.2) is 11.6 Å². The number of hydrogen-bond acceptors (Lipinski definition) is 2. The van der Waals surface area contributed by atoms with Crippen molar-refractivity contribution in [1.82, 2.24) is 0 Å². The van der Waals surface area contributed by atoms with Crippen LogP contribution in [0.2, 0.25) is 0 Å². The maximum absolute atomic E-state index is 12.7. The molecule has 0 bridgehead atoms. The molecule has 1 saturated carbocycles. The summed E-state index contributed by atoms with van der Waals surface area (Å²) in [4.78, 5) is 21.1. The van der Waals surface area contributed by atoms with Gasteiger partial charge in [0, 0.05) is 30.9 Å². The van der Waals surface area contributed by atoms with Crippen LogP contribution in [0.5, 0.6) is 0 Å². The third-order valence-electron chi connectivity index (χ3n) is 1.82. The van der Waals surface area contributed by atoms with Crippen molar-refractivity contribution in [2.24, 2.45) is 0 Å². The minimum absolute atomic E-state index is 0.272. The number of carboxylic acids is 1. The van der Waals surface area contributed by atoms with Crippen LogP contribution in [-0.2, 0) is 9.59 Å². The van der Waals surface area contributed by atoms with Crippen molar-refractivity contribution in [3.05, 3.63) is 11.6 Å². The summed E-state index contributed by atoms with van der Waals surface area (Å²) in [6.07, 6.45) is -0.942. The van der Waals surface area contributed by atoms with Crippen molar-refractivity contribution < 1.29 is 23.5 Å². The number of carbonyl (C=O) groups is 2. The molecule has 0 aromatic heterocycles. The summed E-state index contributed by atoms with van der Waals surface area (Å²) in [5.41, 5.74) is -0.288. The van der Waals surface area contributed by atoms with Crippen LogP contribution < -0.4 is 0 Å². The lowest BCUT2D eigenvalue weighted by Crippen LogP contribution is -2.27. The van der Waals surface area contributed by atoms with E-state index < -0.39 is 30.5 Å². The molecular weight excluding hydrogens is 182 g/mol. The largest absolute Gasteiger partial charge is 0.478 e. The average molecular weight is 190 g/mol. The highest BCUT2D eigenvalue weighted by atomic mass is 19.3. The number of ketones is 1. The van der Waals surface area contributed by atoms with Gasteiger partial charge in [0.25, 0.3) is 5.92 Å². The van der Waals surface area contributed by atoms with Crippen molar-refractivity contribution in [1.29, 1.82) is 0 Å². The van der Waals surface area contributed by atoms with E-state index in [1.54, 1.807) is 0 Å². The van der Waals surface area contributed by atoms with Gasteiger partial charge in [0.2, 0.25) is 0 Å². The average Bonchev–Trinajstić information content (AvgIpc) is 1.95. The Labute approximate surface area is 73.0 Å². The Hall–Kier alpha value is -1.26. The van der Waals surface area contributed by atoms with E-state index in [1.165, 1.54) is 0 Å². The molecule has 1 fully saturated rings. The molecule has 0 saturated heterocycles. The molecule has 1 N–H and O–H groups in total. The predicted octanol–water partition coefficient (Wildman–Crippen LogP) is 1.39. The minimum Gasteiger partial charge on any atom is -0.478 e. The third kappa shape index (κ3) is 2.61. The summed E-state index contributed by atoms with van der Waals surface area (Å²) in [5.74, 6) is -4.79. The van der Waals surface area contributed by atoms with Crippen LogP contribution in [0, 0.1) is 0 Å². The molecule has 0 aromatic carbocycles. The van der Waals surface area contributed by atoms with Crippen molar-refractivity contribution in [3.8, 4) is 0 Å². The van der Waals surface area contributed by atoms with E-state index in [2.05, 4.69) is 0 Å². The number of rotatable bonds is 1. The van der Waals surface area contributed by atoms with Crippen LogP contribution in [0.25, 0.3) is 0 Å². The van der Waals surface area contributed by atoms with Crippen LogP contribution in [0.1, 0.15) is 19.3 Å². The summed E-state index contributed by atoms with van der Waals surface area (Å²) in [6, 6.07) is 0. The maximum Gasteiger partial charge on any atom is 0.328 e. The Morgan fingerprint density at radius 2 is 2.15 bits per heavy atom. The van der Waals surface area contributed by atoms with E-state index in [0.29, 0.717) is 6.08 Å². The van der Waals surface area contributed by atoms with Gasteiger partial charge in [-0.05, 0) is 0 Å². The molecule has 0 spiro atoms. The molecule has 0 amide bonds. The fourth-order valence-electron chi connectivity index (χ4n) is 1.20. The quantitative estimate of drug-likeness (QED) is 0.635. The molecule has 3 nitrogen and oxygen atoms in total. The lowest BCUT2D eigenvalue weighted by atomic mass is 9.90. The molecule has 0 aromatic rings. The SMILES string of the molecule is O=C(O)C=C1CC(F)(F)CCC1=O. The van der Waals surface area contributed by atoms with Gasteiger partial charge >= 0.3 is 5.97 Å². The summed E-state index contributed by atoms with van der Waals surface area (Å²) in [7, 11) is 0. The Morgan fingerprint density at radius 3 is 2.69 bits per heavy atom. The molecule has 1 aliphatic carbocycles. The molecule has 1 rings (SSSR count). The zero-order valence-corrected chi connectivity index (χ0v) is 6.72. The van der Waals surface area contributed by atoms with Crippen molar-refractivity contribution in [2.75, 3.05) is 0 Å². The van der Waals surface area contributed by atoms with Gasteiger partial charge in [-0.15, -0.1) is 0 Å². The van der Waals surface area contributed by atoms with Crippen molar-refractivity contribution in [2.45, 2.75) is 25.2 Å². The van der Waals surface area contributed by atoms with Gasteiger partial charge in [0.15, 0.2) is 5.78 Å². The molecule has 0 aliphatic heterocycles. The van der Waals surface area contributed by atoms with Crippen molar-refractivity contribution >= 4 is 11.8 Å². The number of halogens is 2. The van der Waals surface area contributed by atoms with E-state index in [-0.39, 0.29) is 12.0 Å². The molecule has 0 radical (unpaired) electrons. The summed E-state index contributed by atoms with van der Waals surface area (Å²) in [5, 5.41) is 8.28. The first kappa shape index (κ1) is 9.83. The number of alkyl halides is 2. The molecule has 0 atom stereocenters. The highest BCUT2D eigenvalue weighted by molar-refractivity contribution is 6.01. The molecule has 1 aliphatic rings. The smallest absolute Gasteiger partial charge is 0.328 e. The summed E-state index contributed by atoms with van der Waals surface area (Å²) < 4.78 is 25.4. The number of aliphatic carboxylic acids is 1. The zero-order chi connectivity index (χ0) is 10.1. The first-order chi connectivity index (χ1) is 5.91. The summed E-state index contributed by atoms with van der Waals surface area (Å²) >= 11 is 0. The van der Waals surface area contributed by atoms with Gasteiger partial charge in [-0.2, -0.15) is 0 Å². The van der Waals surface area contributed by atoms with Gasteiger partial charge in [-0.3, -0.25) is 4.79 Å². The lowest BCUT2D eigenvalue weighted by molar-refractivity contribution is -0.132. The number of carbonyl (C=O) groups excluding carboxylic acids is 1. The van der Waals surface area contributed by atoms with E-state index in [1.807, 2.05) is 0 Å². The molecule has 0 unspecified atom stereocenters. The highest BCUT2D eigenvalue weighted by Gasteiger charge is 2.37. The zero-order valence-electron chi connectivity index (χ0n) is 6.72. The number of hydrogen-bond donors (Lipinski definition) is 1. The van der Waals surface area contributed by atoms with Crippen LogP contribution in [0.4, 0.5) is 8.78 Å². The Balaban J connectivity index is 2.83. The van der Waals surface area contributed by atoms with Gasteiger partial charge in [0.05, 0.1) is 0 Å². The minimum atomic E-state index is -2.94. The van der Waals surface area contributed by atoms with E-state index in [4.69, 9.17) is 5.11 Å². The topological polar surface area (TPSA) is 54.4 Å². The molecule has 0 heterocycles. The second kappa shape index (κ2) is 3.24. The first-order valence-electron chi connectivity index (χ1n) is 3.75. The maximum atomic E-state index is 12.7. The summed E-state index contributed by atoms with van der Waals surface area (Å²) in [6.45, 7) is 0. The molecule has 13 heavy (non-hydrogen) atoms. The van der Waals surface area contributed by atoms with Gasteiger partial charge in [-0.25, -0.2) is 13.6 Å². The number of allylic oxidation sites excluding steroid dienone is 1.